The molecule has 3 heteroatoms. The van der Waals surface area contributed by atoms with Crippen molar-refractivity contribution in [3.05, 3.63) is 0 Å². The molecule has 2 atom stereocenters. The van der Waals surface area contributed by atoms with Crippen LogP contribution in [0.2, 0.25) is 0 Å². The van der Waals surface area contributed by atoms with E-state index in [4.69, 9.17) is 4.74 Å². The largest absolute Gasteiger partial charge is 0.444 e. The minimum absolute atomic E-state index is 0.0561. The van der Waals surface area contributed by atoms with Crippen LogP contribution in [0.4, 0.5) is 0 Å². The Kier molecular flexibility index (Phi) is 2.52. The summed E-state index contributed by atoms with van der Waals surface area (Å²) in [6.07, 6.45) is 6.19. The van der Waals surface area contributed by atoms with E-state index < -0.39 is 0 Å². The summed E-state index contributed by atoms with van der Waals surface area (Å²) < 4.78 is 5.62. The molecule has 80 valence electrons. The predicted molar refractivity (Wildman–Crippen MR) is 53.8 cm³/mol. The van der Waals surface area contributed by atoms with E-state index in [1.54, 1.807) is 0 Å². The van der Waals surface area contributed by atoms with E-state index >= 15 is 0 Å². The summed E-state index contributed by atoms with van der Waals surface area (Å²) in [6.45, 7) is 1.86. The number of fused-ring (bicyclic) bond motifs is 2. The molecule has 0 unspecified atom stereocenters. The zero-order chi connectivity index (χ0) is 10.2. The molecule has 0 spiro atoms. The quantitative estimate of drug-likeness (QED) is 0.633. The van der Waals surface area contributed by atoms with Gasteiger partial charge in [-0.15, -0.1) is 0 Å². The summed E-state index contributed by atoms with van der Waals surface area (Å²) in [5.41, 5.74) is -0.240. The number of ether oxygens (including phenoxy) is 1. The van der Waals surface area contributed by atoms with E-state index in [1.807, 2.05) is 6.92 Å². The van der Waals surface area contributed by atoms with Gasteiger partial charge in [0.2, 0.25) is 0 Å². The Morgan fingerprint density at radius 3 is 3.00 bits per heavy atom. The zero-order valence-electron chi connectivity index (χ0n) is 9.08. The van der Waals surface area contributed by atoms with Gasteiger partial charge >= 0.3 is 5.97 Å². The highest BCUT2D eigenvalue weighted by molar-refractivity contribution is 5.69. The first-order valence-electron chi connectivity index (χ1n) is 5.63. The number of rotatable bonds is 2. The average Bonchev–Trinajstić information content (AvgIpc) is 2.41. The highest BCUT2D eigenvalue weighted by atomic mass is 16.6. The molecule has 0 aromatic carbocycles. The van der Waals surface area contributed by atoms with Gasteiger partial charge in [-0.3, -0.25) is 9.69 Å². The van der Waals surface area contributed by atoms with Crippen LogP contribution in [0.5, 0.6) is 0 Å². The van der Waals surface area contributed by atoms with Crippen molar-refractivity contribution in [2.75, 3.05) is 7.05 Å². The van der Waals surface area contributed by atoms with E-state index in [9.17, 15) is 4.79 Å². The van der Waals surface area contributed by atoms with Gasteiger partial charge in [-0.2, -0.15) is 0 Å². The van der Waals surface area contributed by atoms with Crippen LogP contribution in [0.25, 0.3) is 0 Å². The predicted octanol–water partition coefficient (Wildman–Crippen LogP) is 1.91. The molecule has 2 heterocycles. The minimum atomic E-state index is -0.240. The molecule has 0 amide bonds. The number of hydrogen-bond donors (Lipinski definition) is 0. The number of esters is 1. The lowest BCUT2D eigenvalue weighted by molar-refractivity contribution is -0.184. The van der Waals surface area contributed by atoms with Crippen molar-refractivity contribution in [2.45, 2.75) is 57.2 Å². The standard InChI is InChI=1S/C11H19NO2/c1-3-10(13)14-11-7-4-5-9(6-8-11)12(11)2/h9H,3-8H2,1-2H3/t9-,11-/m1/s1. The summed E-state index contributed by atoms with van der Waals surface area (Å²) in [7, 11) is 2.10. The molecule has 14 heavy (non-hydrogen) atoms. The topological polar surface area (TPSA) is 29.5 Å². The molecule has 2 aliphatic heterocycles. The summed E-state index contributed by atoms with van der Waals surface area (Å²) in [5, 5.41) is 0. The number of carbonyl (C=O) groups excluding carboxylic acids is 1. The number of piperidine rings is 1. The second-order valence-corrected chi connectivity index (χ2v) is 4.47. The Bertz CT molecular complexity index is 237. The van der Waals surface area contributed by atoms with Crippen molar-refractivity contribution in [2.24, 2.45) is 0 Å². The van der Waals surface area contributed by atoms with Crippen molar-refractivity contribution in [1.29, 1.82) is 0 Å². The monoisotopic (exact) mass is 197 g/mol. The Hall–Kier alpha value is -0.570. The molecule has 2 aliphatic rings. The fraction of sp³-hybridized carbons (Fsp3) is 0.909. The third kappa shape index (κ3) is 1.44. The van der Waals surface area contributed by atoms with Crippen LogP contribution in [0.3, 0.4) is 0 Å². The van der Waals surface area contributed by atoms with Gasteiger partial charge in [-0.25, -0.2) is 0 Å². The lowest BCUT2D eigenvalue weighted by Crippen LogP contribution is -2.50. The van der Waals surface area contributed by atoms with Crippen molar-refractivity contribution in [1.82, 2.24) is 4.90 Å². The molecular weight excluding hydrogens is 178 g/mol. The maximum Gasteiger partial charge on any atom is 0.307 e. The number of hydrogen-bond acceptors (Lipinski definition) is 3. The van der Waals surface area contributed by atoms with E-state index in [-0.39, 0.29) is 11.7 Å². The SMILES string of the molecule is CCC(=O)O[C@]12CCC[C@H](CC1)N2C. The maximum absolute atomic E-state index is 11.4. The minimum Gasteiger partial charge on any atom is -0.444 e. The van der Waals surface area contributed by atoms with Gasteiger partial charge in [0.15, 0.2) is 5.72 Å². The highest BCUT2D eigenvalue weighted by Gasteiger charge is 2.49. The van der Waals surface area contributed by atoms with Gasteiger partial charge in [0, 0.05) is 25.3 Å². The van der Waals surface area contributed by atoms with Crippen LogP contribution >= 0.6 is 0 Å². The Balaban J connectivity index is 2.10. The second kappa shape index (κ2) is 3.54. The summed E-state index contributed by atoms with van der Waals surface area (Å²) >= 11 is 0. The van der Waals surface area contributed by atoms with E-state index in [1.165, 1.54) is 19.3 Å². The van der Waals surface area contributed by atoms with Crippen LogP contribution in [-0.2, 0) is 9.53 Å². The van der Waals surface area contributed by atoms with E-state index in [0.29, 0.717) is 12.5 Å². The molecule has 0 saturated carbocycles. The molecule has 2 bridgehead atoms. The van der Waals surface area contributed by atoms with Crippen LogP contribution in [0, 0.1) is 0 Å². The molecule has 3 nitrogen and oxygen atoms in total. The summed E-state index contributed by atoms with van der Waals surface area (Å²) in [6, 6.07) is 0.647. The van der Waals surface area contributed by atoms with Crippen LogP contribution in [-0.4, -0.2) is 29.7 Å². The van der Waals surface area contributed by atoms with Gasteiger partial charge in [0.05, 0.1) is 0 Å². The lowest BCUT2D eigenvalue weighted by Gasteiger charge is -2.41. The molecule has 0 radical (unpaired) electrons. The fourth-order valence-electron chi connectivity index (χ4n) is 2.81. The number of nitrogens with zero attached hydrogens (tertiary/aromatic N) is 1. The molecule has 2 rings (SSSR count). The van der Waals surface area contributed by atoms with Crippen LogP contribution < -0.4 is 0 Å². The summed E-state index contributed by atoms with van der Waals surface area (Å²) in [5.74, 6) is -0.0561. The van der Waals surface area contributed by atoms with Gasteiger partial charge < -0.3 is 4.74 Å². The van der Waals surface area contributed by atoms with E-state index in [2.05, 4.69) is 11.9 Å². The molecule has 0 aliphatic carbocycles. The normalized spacial score (nSPS) is 37.1. The Morgan fingerprint density at radius 1 is 1.50 bits per heavy atom. The Labute approximate surface area is 85.4 Å². The first kappa shape index (κ1) is 9.97. The lowest BCUT2D eigenvalue weighted by atomic mass is 10.0. The molecule has 2 fully saturated rings. The molecule has 0 aromatic heterocycles. The molecule has 2 saturated heterocycles. The zero-order valence-corrected chi connectivity index (χ0v) is 9.08. The van der Waals surface area contributed by atoms with E-state index in [0.717, 1.165) is 12.8 Å². The second-order valence-electron chi connectivity index (χ2n) is 4.47. The van der Waals surface area contributed by atoms with Gasteiger partial charge in [-0.05, 0) is 26.3 Å². The van der Waals surface area contributed by atoms with Crippen LogP contribution in [0.15, 0.2) is 0 Å². The first-order chi connectivity index (χ1) is 6.68. The van der Waals surface area contributed by atoms with Gasteiger partial charge in [-0.1, -0.05) is 6.92 Å². The molecule has 0 aromatic rings. The van der Waals surface area contributed by atoms with Gasteiger partial charge in [0.25, 0.3) is 0 Å². The van der Waals surface area contributed by atoms with Gasteiger partial charge in [0.1, 0.15) is 0 Å². The van der Waals surface area contributed by atoms with Crippen molar-refractivity contribution in [3.8, 4) is 0 Å². The van der Waals surface area contributed by atoms with Crippen molar-refractivity contribution < 1.29 is 9.53 Å². The Morgan fingerprint density at radius 2 is 2.29 bits per heavy atom. The molecule has 0 N–H and O–H groups in total. The third-order valence-corrected chi connectivity index (χ3v) is 3.76. The smallest absolute Gasteiger partial charge is 0.307 e. The number of carbonyl (C=O) groups is 1. The highest BCUT2D eigenvalue weighted by Crippen LogP contribution is 2.43. The first-order valence-corrected chi connectivity index (χ1v) is 5.63. The average molecular weight is 197 g/mol. The van der Waals surface area contributed by atoms with Crippen LogP contribution in [0.1, 0.15) is 45.4 Å². The van der Waals surface area contributed by atoms with Crippen molar-refractivity contribution in [3.63, 3.8) is 0 Å². The third-order valence-electron chi connectivity index (χ3n) is 3.76. The maximum atomic E-state index is 11.4. The fourth-order valence-corrected chi connectivity index (χ4v) is 2.81. The van der Waals surface area contributed by atoms with Crippen molar-refractivity contribution >= 4 is 5.97 Å². The summed E-state index contributed by atoms with van der Waals surface area (Å²) in [4.78, 5) is 13.6. The molecular formula is C11H19NO2.